The van der Waals surface area contributed by atoms with Gasteiger partial charge in [-0.3, -0.25) is 0 Å². The van der Waals surface area contributed by atoms with Crippen molar-refractivity contribution in [3.63, 3.8) is 0 Å². The first-order chi connectivity index (χ1) is 4.81. The van der Waals surface area contributed by atoms with E-state index in [2.05, 4.69) is 18.2 Å². The third-order valence-electron chi connectivity index (χ3n) is 1.16. The van der Waals surface area contributed by atoms with Crippen molar-refractivity contribution in [2.75, 3.05) is 13.1 Å². The maximum absolute atomic E-state index is 9.07. The van der Waals surface area contributed by atoms with Gasteiger partial charge in [0.25, 0.3) is 0 Å². The lowest BCUT2D eigenvalue weighted by Crippen LogP contribution is -2.26. The zero-order valence-electron chi connectivity index (χ0n) is 6.43. The average Bonchev–Trinajstić information content (AvgIpc) is 1.89. The summed E-state index contributed by atoms with van der Waals surface area (Å²) in [7, 11) is 0. The molecule has 0 spiro atoms. The summed E-state index contributed by atoms with van der Waals surface area (Å²) < 4.78 is 0. The van der Waals surface area contributed by atoms with Crippen LogP contribution in [-0.4, -0.2) is 24.3 Å². The summed E-state index contributed by atoms with van der Waals surface area (Å²) in [5.41, 5.74) is 0. The Labute approximate surface area is 62.6 Å². The summed E-state index contributed by atoms with van der Waals surface area (Å²) in [5.74, 6) is 2.40. The van der Waals surface area contributed by atoms with E-state index in [1.165, 1.54) is 0 Å². The Balaban J connectivity index is 3.06. The van der Waals surface area contributed by atoms with Crippen molar-refractivity contribution in [1.82, 2.24) is 5.32 Å². The fourth-order valence-corrected chi connectivity index (χ4v) is 0.654. The van der Waals surface area contributed by atoms with E-state index in [1.54, 1.807) is 0 Å². The molecule has 2 N–H and O–H groups in total. The number of rotatable bonds is 5. The SMILES string of the molecule is C#CCC(O)CNCCC. The molecule has 0 fully saturated rings. The van der Waals surface area contributed by atoms with E-state index in [0.29, 0.717) is 13.0 Å². The van der Waals surface area contributed by atoms with E-state index in [9.17, 15) is 0 Å². The maximum Gasteiger partial charge on any atom is 0.0773 e. The van der Waals surface area contributed by atoms with Crippen LogP contribution in [0.5, 0.6) is 0 Å². The Kier molecular flexibility index (Phi) is 6.25. The van der Waals surface area contributed by atoms with Crippen molar-refractivity contribution in [2.24, 2.45) is 0 Å². The largest absolute Gasteiger partial charge is 0.391 e. The normalized spacial score (nSPS) is 12.5. The second kappa shape index (κ2) is 6.60. The number of terminal acetylenes is 1. The van der Waals surface area contributed by atoms with Crippen molar-refractivity contribution < 1.29 is 5.11 Å². The highest BCUT2D eigenvalue weighted by Gasteiger charge is 1.98. The molecule has 0 amide bonds. The minimum atomic E-state index is -0.378. The average molecular weight is 141 g/mol. The maximum atomic E-state index is 9.07. The number of aliphatic hydroxyl groups is 1. The van der Waals surface area contributed by atoms with Gasteiger partial charge in [-0.15, -0.1) is 12.3 Å². The molecule has 10 heavy (non-hydrogen) atoms. The molecule has 0 aromatic rings. The highest BCUT2D eigenvalue weighted by Crippen LogP contribution is 1.85. The van der Waals surface area contributed by atoms with Crippen LogP contribution in [0.3, 0.4) is 0 Å². The zero-order chi connectivity index (χ0) is 7.82. The van der Waals surface area contributed by atoms with Crippen LogP contribution >= 0.6 is 0 Å². The molecular formula is C8H15NO. The van der Waals surface area contributed by atoms with Gasteiger partial charge < -0.3 is 10.4 Å². The van der Waals surface area contributed by atoms with E-state index < -0.39 is 0 Å². The first-order valence-electron chi connectivity index (χ1n) is 3.63. The van der Waals surface area contributed by atoms with Crippen LogP contribution in [0.25, 0.3) is 0 Å². The number of aliphatic hydroxyl groups excluding tert-OH is 1. The van der Waals surface area contributed by atoms with Gasteiger partial charge in [-0.25, -0.2) is 0 Å². The van der Waals surface area contributed by atoms with Gasteiger partial charge in [0.2, 0.25) is 0 Å². The van der Waals surface area contributed by atoms with E-state index in [4.69, 9.17) is 11.5 Å². The molecule has 2 nitrogen and oxygen atoms in total. The molecule has 0 aromatic carbocycles. The summed E-state index contributed by atoms with van der Waals surface area (Å²) >= 11 is 0. The molecule has 0 radical (unpaired) electrons. The quantitative estimate of drug-likeness (QED) is 0.428. The molecule has 0 saturated carbocycles. The Bertz CT molecular complexity index is 106. The Hall–Kier alpha value is -0.520. The highest BCUT2D eigenvalue weighted by atomic mass is 16.3. The standard InChI is InChI=1S/C8H15NO/c1-3-5-8(10)7-9-6-4-2/h1,8-10H,4-7H2,2H3. The van der Waals surface area contributed by atoms with Crippen LogP contribution in [-0.2, 0) is 0 Å². The summed E-state index contributed by atoms with van der Waals surface area (Å²) in [6, 6.07) is 0. The van der Waals surface area contributed by atoms with Crippen molar-refractivity contribution in [2.45, 2.75) is 25.9 Å². The van der Waals surface area contributed by atoms with Crippen molar-refractivity contribution >= 4 is 0 Å². The topological polar surface area (TPSA) is 32.3 Å². The summed E-state index contributed by atoms with van der Waals surface area (Å²) in [6.07, 6.45) is 6.14. The lowest BCUT2D eigenvalue weighted by atomic mass is 10.2. The lowest BCUT2D eigenvalue weighted by molar-refractivity contribution is 0.177. The van der Waals surface area contributed by atoms with E-state index in [1.807, 2.05) is 0 Å². The second-order valence-electron chi connectivity index (χ2n) is 2.27. The van der Waals surface area contributed by atoms with Crippen molar-refractivity contribution in [3.8, 4) is 12.3 Å². The summed E-state index contributed by atoms with van der Waals surface area (Å²) in [6.45, 7) is 3.64. The predicted molar refractivity (Wildman–Crippen MR) is 42.6 cm³/mol. The predicted octanol–water partition coefficient (Wildman–Crippen LogP) is 0.370. The third kappa shape index (κ3) is 5.61. The van der Waals surface area contributed by atoms with Crippen molar-refractivity contribution in [1.29, 1.82) is 0 Å². The van der Waals surface area contributed by atoms with Crippen LogP contribution in [0.1, 0.15) is 19.8 Å². The van der Waals surface area contributed by atoms with Gasteiger partial charge in [0.15, 0.2) is 0 Å². The van der Waals surface area contributed by atoms with E-state index in [-0.39, 0.29) is 6.10 Å². The summed E-state index contributed by atoms with van der Waals surface area (Å²) in [4.78, 5) is 0. The number of nitrogens with one attached hydrogen (secondary N) is 1. The minimum absolute atomic E-state index is 0.378. The lowest BCUT2D eigenvalue weighted by Gasteiger charge is -2.06. The van der Waals surface area contributed by atoms with Gasteiger partial charge in [-0.2, -0.15) is 0 Å². The molecule has 1 atom stereocenters. The number of hydrogen-bond acceptors (Lipinski definition) is 2. The molecule has 58 valence electrons. The van der Waals surface area contributed by atoms with Gasteiger partial charge in [-0.1, -0.05) is 6.92 Å². The molecule has 0 aliphatic heterocycles. The Morgan fingerprint density at radius 1 is 1.70 bits per heavy atom. The number of hydrogen-bond donors (Lipinski definition) is 2. The van der Waals surface area contributed by atoms with Crippen LogP contribution in [0, 0.1) is 12.3 Å². The Morgan fingerprint density at radius 3 is 2.90 bits per heavy atom. The summed E-state index contributed by atoms with van der Waals surface area (Å²) in [5, 5.41) is 12.1. The highest BCUT2D eigenvalue weighted by molar-refractivity contribution is 4.87. The molecule has 0 aromatic heterocycles. The smallest absolute Gasteiger partial charge is 0.0773 e. The van der Waals surface area contributed by atoms with Gasteiger partial charge in [0, 0.05) is 13.0 Å². The molecule has 0 aliphatic carbocycles. The monoisotopic (exact) mass is 141 g/mol. The molecule has 0 heterocycles. The van der Waals surface area contributed by atoms with Crippen LogP contribution in [0.4, 0.5) is 0 Å². The minimum Gasteiger partial charge on any atom is -0.391 e. The van der Waals surface area contributed by atoms with E-state index >= 15 is 0 Å². The Morgan fingerprint density at radius 2 is 2.40 bits per heavy atom. The first-order valence-corrected chi connectivity index (χ1v) is 3.63. The fraction of sp³-hybridized carbons (Fsp3) is 0.750. The van der Waals surface area contributed by atoms with Crippen LogP contribution in [0.2, 0.25) is 0 Å². The molecule has 2 heteroatoms. The third-order valence-corrected chi connectivity index (χ3v) is 1.16. The second-order valence-corrected chi connectivity index (χ2v) is 2.27. The molecule has 0 aliphatic rings. The van der Waals surface area contributed by atoms with Gasteiger partial charge in [0.1, 0.15) is 0 Å². The molecule has 0 saturated heterocycles. The van der Waals surface area contributed by atoms with Gasteiger partial charge in [0.05, 0.1) is 6.10 Å². The van der Waals surface area contributed by atoms with E-state index in [0.717, 1.165) is 13.0 Å². The molecule has 0 rings (SSSR count). The fourth-order valence-electron chi connectivity index (χ4n) is 0.654. The van der Waals surface area contributed by atoms with Gasteiger partial charge in [-0.05, 0) is 13.0 Å². The van der Waals surface area contributed by atoms with Crippen LogP contribution < -0.4 is 5.32 Å². The van der Waals surface area contributed by atoms with Gasteiger partial charge >= 0.3 is 0 Å². The molecular weight excluding hydrogens is 126 g/mol. The first kappa shape index (κ1) is 9.48. The molecule has 0 bridgehead atoms. The van der Waals surface area contributed by atoms with Crippen LogP contribution in [0.15, 0.2) is 0 Å². The molecule has 1 unspecified atom stereocenters. The zero-order valence-corrected chi connectivity index (χ0v) is 6.43. The van der Waals surface area contributed by atoms with Crippen molar-refractivity contribution in [3.05, 3.63) is 0 Å².